The first-order chi connectivity index (χ1) is 21.3. The molecule has 3 rings (SSSR count). The van der Waals surface area contributed by atoms with Gasteiger partial charge < -0.3 is 16.1 Å². The minimum absolute atomic E-state index is 0.0273. The molecule has 5 N–H and O–H groups in total. The van der Waals surface area contributed by atoms with Gasteiger partial charge in [0.15, 0.2) is 0 Å². The Bertz CT molecular complexity index is 1330. The van der Waals surface area contributed by atoms with Gasteiger partial charge in [-0.25, -0.2) is 5.84 Å². The molecule has 11 heteroatoms. The Morgan fingerprint density at radius 1 is 1.13 bits per heavy atom. The largest absolute Gasteiger partial charge is 0.416 e. The molecule has 0 bridgehead atoms. The van der Waals surface area contributed by atoms with Crippen molar-refractivity contribution in [3.63, 3.8) is 0 Å². The van der Waals surface area contributed by atoms with E-state index in [0.29, 0.717) is 17.8 Å². The number of hydrogen-bond donors (Lipinski definition) is 3. The first kappa shape index (κ1) is 39.2. The molecule has 2 aliphatic carbocycles. The molecule has 0 saturated carbocycles. The fraction of sp³-hybridized carbons (Fsp3) is 0.471. The van der Waals surface area contributed by atoms with E-state index in [2.05, 4.69) is 10.4 Å². The van der Waals surface area contributed by atoms with Gasteiger partial charge in [0.05, 0.1) is 29.9 Å². The number of aryl methyl sites for hydroxylation is 1. The van der Waals surface area contributed by atoms with Crippen molar-refractivity contribution in [1.29, 1.82) is 0 Å². The molecule has 0 radical (unpaired) electrons. The third-order valence-electron chi connectivity index (χ3n) is 7.16. The first-order valence-corrected chi connectivity index (χ1v) is 15.5. The van der Waals surface area contributed by atoms with E-state index in [0.717, 1.165) is 35.7 Å². The maximum absolute atomic E-state index is 13.7. The molecule has 45 heavy (non-hydrogen) atoms. The highest BCUT2D eigenvalue weighted by atomic mass is 19.4. The van der Waals surface area contributed by atoms with Crippen molar-refractivity contribution in [3.05, 3.63) is 94.7 Å². The number of carbonyl (C=O) groups is 1. The Labute approximate surface area is 267 Å². The Hall–Kier alpha value is -3.83. The number of hydrazine groups is 1. The van der Waals surface area contributed by atoms with Crippen LogP contribution in [0.3, 0.4) is 0 Å². The lowest BCUT2D eigenvalue weighted by atomic mass is 10.1. The number of allylic oxidation sites excluding steroid dienone is 6. The van der Waals surface area contributed by atoms with Crippen molar-refractivity contribution in [2.24, 2.45) is 18.6 Å². The van der Waals surface area contributed by atoms with Crippen molar-refractivity contribution < 1.29 is 18.0 Å². The average Bonchev–Trinajstić information content (AvgIpc) is 3.14. The summed E-state index contributed by atoms with van der Waals surface area (Å²) < 4.78 is 43.0. The molecule has 1 amide bonds. The van der Waals surface area contributed by atoms with E-state index in [1.54, 1.807) is 42.4 Å². The van der Waals surface area contributed by atoms with Crippen molar-refractivity contribution in [2.45, 2.75) is 86.0 Å². The number of unbranched alkanes of at least 4 members (excludes halogenated alkanes) is 1. The third-order valence-corrected chi connectivity index (χ3v) is 7.16. The van der Waals surface area contributed by atoms with Crippen LogP contribution in [-0.4, -0.2) is 57.4 Å². The van der Waals surface area contributed by atoms with Gasteiger partial charge in [-0.1, -0.05) is 77.5 Å². The number of amides is 1. The number of carbonyl (C=O) groups excluding carboxylic acids is 1. The summed E-state index contributed by atoms with van der Waals surface area (Å²) in [5.74, 6) is 5.91. The molecular weight excluding hydrogens is 579 g/mol. The quantitative estimate of drug-likeness (QED) is 0.199. The highest BCUT2D eigenvalue weighted by molar-refractivity contribution is 5.81. The standard InChI is InChI=1S/C30H40F3N7O.2C2H6/c1-6-7-14-38(4)25-12-11-24(16-23(17-25)30(31,32)33)37-29(41)15-22-9-8-20(2)28(13-10-22)40(35)19-27(34)26-18-36-39(5)21(26)3;2*1-2/h8-13,16-19,25,28H,6-7,14-15,34-35H2,1-5H3,(H,37,41);2*1-2H3/b27-19-;;. The molecular formula is C34H52F3N7O. The highest BCUT2D eigenvalue weighted by Gasteiger charge is 2.34. The average molecular weight is 632 g/mol. The van der Waals surface area contributed by atoms with E-state index in [1.807, 2.05) is 72.6 Å². The predicted octanol–water partition coefficient (Wildman–Crippen LogP) is 6.57. The van der Waals surface area contributed by atoms with Crippen LogP contribution in [-0.2, 0) is 11.8 Å². The molecule has 1 heterocycles. The number of nitrogens with zero attached hydrogens (tertiary/aromatic N) is 4. The van der Waals surface area contributed by atoms with Crippen molar-refractivity contribution in [1.82, 2.24) is 25.0 Å². The number of rotatable bonds is 10. The minimum atomic E-state index is -4.54. The van der Waals surface area contributed by atoms with Crippen LogP contribution >= 0.6 is 0 Å². The zero-order chi connectivity index (χ0) is 34.3. The Morgan fingerprint density at radius 3 is 2.38 bits per heavy atom. The summed E-state index contributed by atoms with van der Waals surface area (Å²) in [4.78, 5) is 14.7. The Kier molecular flexibility index (Phi) is 16.4. The number of aromatic nitrogens is 2. The topological polar surface area (TPSA) is 105 Å². The number of likely N-dealkylation sites (N-methyl/N-ethyl adjacent to an activating group) is 1. The number of nitrogens with two attached hydrogens (primary N) is 2. The van der Waals surface area contributed by atoms with Gasteiger partial charge >= 0.3 is 6.18 Å². The molecule has 2 aliphatic rings. The fourth-order valence-electron chi connectivity index (χ4n) is 4.49. The van der Waals surface area contributed by atoms with Crippen LogP contribution in [0.5, 0.6) is 0 Å². The fourth-order valence-corrected chi connectivity index (χ4v) is 4.49. The number of hydrogen-bond acceptors (Lipinski definition) is 6. The Balaban J connectivity index is 0.00000243. The second-order valence-corrected chi connectivity index (χ2v) is 10.4. The minimum Gasteiger partial charge on any atom is -0.397 e. The number of halogens is 3. The van der Waals surface area contributed by atoms with Crippen LogP contribution < -0.4 is 16.9 Å². The smallest absolute Gasteiger partial charge is 0.397 e. The molecule has 0 aliphatic heterocycles. The summed E-state index contributed by atoms with van der Waals surface area (Å²) in [5.41, 5.74) is 9.31. The molecule has 1 aromatic rings. The zero-order valence-electron chi connectivity index (χ0n) is 28.2. The van der Waals surface area contributed by atoms with E-state index < -0.39 is 23.7 Å². The lowest BCUT2D eigenvalue weighted by Gasteiger charge is -2.24. The SMILES string of the molecule is CC.CC.CCCCN(C)C1C=CC(NC(=O)CC2=CC=C(C)C(N(N)/C=C(\N)c3cnn(C)c3C)C=C2)=CC(C(F)(F)F)=C1. The van der Waals surface area contributed by atoms with Gasteiger partial charge in [0, 0.05) is 36.2 Å². The molecule has 0 aromatic carbocycles. The Morgan fingerprint density at radius 2 is 1.80 bits per heavy atom. The lowest BCUT2D eigenvalue weighted by Crippen LogP contribution is -2.36. The van der Waals surface area contributed by atoms with Crippen LogP contribution in [0.2, 0.25) is 0 Å². The highest BCUT2D eigenvalue weighted by Crippen LogP contribution is 2.30. The van der Waals surface area contributed by atoms with Crippen LogP contribution in [0.25, 0.3) is 5.70 Å². The van der Waals surface area contributed by atoms with Crippen molar-refractivity contribution in [3.8, 4) is 0 Å². The van der Waals surface area contributed by atoms with E-state index in [1.165, 1.54) is 17.2 Å². The molecule has 0 saturated heterocycles. The number of alkyl halides is 3. The summed E-state index contributed by atoms with van der Waals surface area (Å²) in [7, 11) is 3.62. The molecule has 0 spiro atoms. The monoisotopic (exact) mass is 631 g/mol. The van der Waals surface area contributed by atoms with Gasteiger partial charge in [-0.05, 0) is 57.2 Å². The third kappa shape index (κ3) is 11.9. The van der Waals surface area contributed by atoms with E-state index in [4.69, 9.17) is 11.6 Å². The molecule has 2 atom stereocenters. The second kappa shape index (κ2) is 18.9. The van der Waals surface area contributed by atoms with Crippen molar-refractivity contribution >= 4 is 11.6 Å². The number of nitrogens with one attached hydrogen (secondary N) is 1. The van der Waals surface area contributed by atoms with Gasteiger partial charge in [-0.2, -0.15) is 18.3 Å². The second-order valence-electron chi connectivity index (χ2n) is 10.4. The van der Waals surface area contributed by atoms with E-state index in [-0.39, 0.29) is 18.2 Å². The normalized spacial score (nSPS) is 18.2. The molecule has 1 aromatic heterocycles. The predicted molar refractivity (Wildman–Crippen MR) is 179 cm³/mol. The van der Waals surface area contributed by atoms with Gasteiger partial charge in [0.2, 0.25) is 5.91 Å². The van der Waals surface area contributed by atoms with Gasteiger partial charge in [-0.3, -0.25) is 14.4 Å². The molecule has 8 nitrogen and oxygen atoms in total. The summed E-state index contributed by atoms with van der Waals surface area (Å²) in [6, 6.07) is -0.860. The maximum Gasteiger partial charge on any atom is 0.416 e. The first-order valence-electron chi connectivity index (χ1n) is 15.5. The van der Waals surface area contributed by atoms with Crippen molar-refractivity contribution in [2.75, 3.05) is 13.6 Å². The van der Waals surface area contributed by atoms with Crippen LogP contribution in [0.15, 0.2) is 83.4 Å². The van der Waals surface area contributed by atoms with E-state index >= 15 is 0 Å². The van der Waals surface area contributed by atoms with Gasteiger partial charge in [0.25, 0.3) is 0 Å². The lowest BCUT2D eigenvalue weighted by molar-refractivity contribution is -0.119. The summed E-state index contributed by atoms with van der Waals surface area (Å²) in [6.07, 6.45) is 13.2. The zero-order valence-corrected chi connectivity index (χ0v) is 28.2. The molecule has 0 fully saturated rings. The van der Waals surface area contributed by atoms with E-state index in [9.17, 15) is 18.0 Å². The van der Waals surface area contributed by atoms with Gasteiger partial charge in [0.1, 0.15) is 0 Å². The summed E-state index contributed by atoms with van der Waals surface area (Å²) >= 11 is 0. The molecule has 2 unspecified atom stereocenters. The van der Waals surface area contributed by atoms with Crippen LogP contribution in [0, 0.1) is 6.92 Å². The summed E-state index contributed by atoms with van der Waals surface area (Å²) in [5, 5.41) is 8.33. The maximum atomic E-state index is 13.7. The van der Waals surface area contributed by atoms with Crippen LogP contribution in [0.4, 0.5) is 13.2 Å². The molecule has 250 valence electrons. The summed E-state index contributed by atoms with van der Waals surface area (Å²) in [6.45, 7) is 14.5. The van der Waals surface area contributed by atoms with Crippen LogP contribution in [0.1, 0.15) is 72.1 Å². The van der Waals surface area contributed by atoms with Gasteiger partial charge in [-0.15, -0.1) is 0 Å².